The summed E-state index contributed by atoms with van der Waals surface area (Å²) in [7, 11) is 0. The maximum Gasteiger partial charge on any atom is 0.174 e. The molecule has 0 saturated heterocycles. The van der Waals surface area contributed by atoms with Crippen molar-refractivity contribution in [2.24, 2.45) is 0 Å². The Morgan fingerprint density at radius 1 is 1.73 bits per heavy atom. The normalized spacial score (nSPS) is 9.09. The second-order valence-electron chi connectivity index (χ2n) is 1.92. The minimum absolute atomic E-state index is 0.0764. The van der Waals surface area contributed by atoms with E-state index in [1.807, 2.05) is 0 Å². The Kier molecular flexibility index (Phi) is 2.02. The number of rotatable bonds is 1. The van der Waals surface area contributed by atoms with E-state index in [-0.39, 0.29) is 12.1 Å². The van der Waals surface area contributed by atoms with Crippen LogP contribution in [-0.2, 0) is 6.42 Å². The summed E-state index contributed by atoms with van der Waals surface area (Å²) >= 11 is 0. The summed E-state index contributed by atoms with van der Waals surface area (Å²) in [5.74, 6) is -1.28. The first-order chi connectivity index (χ1) is 5.25. The van der Waals surface area contributed by atoms with E-state index in [1.54, 1.807) is 6.07 Å². The number of hydrogen-bond acceptors (Lipinski definition) is 3. The van der Waals surface area contributed by atoms with Gasteiger partial charge in [0.2, 0.25) is 0 Å². The highest BCUT2D eigenvalue weighted by atomic mass is 19.1. The summed E-state index contributed by atoms with van der Waals surface area (Å²) in [5, 5.41) is 17.2. The van der Waals surface area contributed by atoms with Gasteiger partial charge in [-0.15, -0.1) is 0 Å². The van der Waals surface area contributed by atoms with Crippen LogP contribution in [0.3, 0.4) is 0 Å². The zero-order chi connectivity index (χ0) is 8.27. The number of aromatic hydroxyl groups is 1. The van der Waals surface area contributed by atoms with Crippen LogP contribution in [0, 0.1) is 17.1 Å². The monoisotopic (exact) mass is 152 g/mol. The number of pyridine rings is 1. The van der Waals surface area contributed by atoms with Gasteiger partial charge in [-0.1, -0.05) is 0 Å². The van der Waals surface area contributed by atoms with E-state index < -0.39 is 11.6 Å². The predicted octanol–water partition coefficient (Wildman–Crippen LogP) is 0.992. The van der Waals surface area contributed by atoms with Gasteiger partial charge in [-0.05, 0) is 6.07 Å². The van der Waals surface area contributed by atoms with Gasteiger partial charge >= 0.3 is 0 Å². The number of halogens is 1. The lowest BCUT2D eigenvalue weighted by molar-refractivity contribution is 0.423. The molecule has 11 heavy (non-hydrogen) atoms. The molecular formula is C7H5FN2O. The summed E-state index contributed by atoms with van der Waals surface area (Å²) in [6.45, 7) is 0. The first-order valence-electron chi connectivity index (χ1n) is 2.95. The van der Waals surface area contributed by atoms with Gasteiger partial charge in [0.15, 0.2) is 11.6 Å². The molecule has 0 atom stereocenters. The average Bonchev–Trinajstić information content (AvgIpc) is 1.99. The highest BCUT2D eigenvalue weighted by molar-refractivity contribution is 5.28. The van der Waals surface area contributed by atoms with E-state index in [0.29, 0.717) is 0 Å². The molecule has 1 N–H and O–H groups in total. The van der Waals surface area contributed by atoms with Gasteiger partial charge in [0, 0.05) is 6.20 Å². The summed E-state index contributed by atoms with van der Waals surface area (Å²) < 4.78 is 12.5. The van der Waals surface area contributed by atoms with Gasteiger partial charge in [-0.2, -0.15) is 5.26 Å². The lowest BCUT2D eigenvalue weighted by Crippen LogP contribution is -1.90. The molecule has 0 aromatic carbocycles. The molecule has 0 aliphatic heterocycles. The lowest BCUT2D eigenvalue weighted by atomic mass is 10.2. The second kappa shape index (κ2) is 2.97. The van der Waals surface area contributed by atoms with E-state index in [2.05, 4.69) is 4.98 Å². The SMILES string of the molecule is N#CCc1nccc(F)c1O. The maximum absolute atomic E-state index is 12.5. The van der Waals surface area contributed by atoms with Crippen molar-refractivity contribution in [2.45, 2.75) is 6.42 Å². The second-order valence-corrected chi connectivity index (χ2v) is 1.92. The van der Waals surface area contributed by atoms with Crippen molar-refractivity contribution in [3.8, 4) is 11.8 Å². The van der Waals surface area contributed by atoms with Crippen molar-refractivity contribution in [1.82, 2.24) is 4.98 Å². The highest BCUT2D eigenvalue weighted by Crippen LogP contribution is 2.17. The van der Waals surface area contributed by atoms with Crippen molar-refractivity contribution in [2.75, 3.05) is 0 Å². The third kappa shape index (κ3) is 1.44. The highest BCUT2D eigenvalue weighted by Gasteiger charge is 2.06. The third-order valence-electron chi connectivity index (χ3n) is 1.20. The fraction of sp³-hybridized carbons (Fsp3) is 0.143. The minimum atomic E-state index is -0.745. The molecule has 0 fully saturated rings. The van der Waals surface area contributed by atoms with E-state index in [4.69, 9.17) is 10.4 Å². The van der Waals surface area contributed by atoms with E-state index in [1.165, 1.54) is 6.20 Å². The molecule has 0 saturated carbocycles. The van der Waals surface area contributed by atoms with Gasteiger partial charge < -0.3 is 5.11 Å². The summed E-state index contributed by atoms with van der Waals surface area (Å²) in [6.07, 6.45) is 1.13. The zero-order valence-electron chi connectivity index (χ0n) is 5.58. The fourth-order valence-electron chi connectivity index (χ4n) is 0.675. The molecule has 1 rings (SSSR count). The minimum Gasteiger partial charge on any atom is -0.504 e. The van der Waals surface area contributed by atoms with Crippen molar-refractivity contribution in [3.63, 3.8) is 0 Å². The molecule has 0 amide bonds. The predicted molar refractivity (Wildman–Crippen MR) is 35.2 cm³/mol. The van der Waals surface area contributed by atoms with Gasteiger partial charge in [0.1, 0.15) is 0 Å². The van der Waals surface area contributed by atoms with Gasteiger partial charge in [0.05, 0.1) is 18.2 Å². The molecule has 0 radical (unpaired) electrons. The van der Waals surface area contributed by atoms with Gasteiger partial charge in [-0.3, -0.25) is 4.98 Å². The smallest absolute Gasteiger partial charge is 0.174 e. The van der Waals surface area contributed by atoms with Crippen LogP contribution in [0.4, 0.5) is 4.39 Å². The first-order valence-corrected chi connectivity index (χ1v) is 2.95. The van der Waals surface area contributed by atoms with Crippen LogP contribution in [0.1, 0.15) is 5.69 Å². The zero-order valence-corrected chi connectivity index (χ0v) is 5.58. The molecule has 56 valence electrons. The van der Waals surface area contributed by atoms with Crippen LogP contribution in [-0.4, -0.2) is 10.1 Å². The molecule has 1 heterocycles. The molecular weight excluding hydrogens is 147 g/mol. The third-order valence-corrected chi connectivity index (χ3v) is 1.20. The van der Waals surface area contributed by atoms with Crippen LogP contribution in [0.5, 0.6) is 5.75 Å². The molecule has 0 aliphatic rings. The average molecular weight is 152 g/mol. The Morgan fingerprint density at radius 2 is 2.45 bits per heavy atom. The van der Waals surface area contributed by atoms with Crippen LogP contribution < -0.4 is 0 Å². The summed E-state index contributed by atoms with van der Waals surface area (Å²) in [4.78, 5) is 3.62. The molecule has 3 nitrogen and oxygen atoms in total. The Balaban J connectivity index is 3.08. The molecule has 1 aromatic heterocycles. The maximum atomic E-state index is 12.5. The quantitative estimate of drug-likeness (QED) is 0.652. The van der Waals surface area contributed by atoms with Crippen LogP contribution in [0.2, 0.25) is 0 Å². The van der Waals surface area contributed by atoms with Crippen LogP contribution >= 0.6 is 0 Å². The molecule has 0 spiro atoms. The topological polar surface area (TPSA) is 56.9 Å². The van der Waals surface area contributed by atoms with Crippen molar-refractivity contribution in [3.05, 3.63) is 23.8 Å². The lowest BCUT2D eigenvalue weighted by Gasteiger charge is -1.97. The number of aromatic nitrogens is 1. The van der Waals surface area contributed by atoms with E-state index in [0.717, 1.165) is 6.07 Å². The van der Waals surface area contributed by atoms with Gasteiger partial charge in [0.25, 0.3) is 0 Å². The number of hydrogen-bond donors (Lipinski definition) is 1. The molecule has 0 unspecified atom stereocenters. The largest absolute Gasteiger partial charge is 0.504 e. The first kappa shape index (κ1) is 7.48. The molecule has 0 bridgehead atoms. The summed E-state index contributed by atoms with van der Waals surface area (Å²) in [5.41, 5.74) is 0.0764. The van der Waals surface area contributed by atoms with E-state index in [9.17, 15) is 4.39 Å². The van der Waals surface area contributed by atoms with Gasteiger partial charge in [-0.25, -0.2) is 4.39 Å². The molecule has 4 heteroatoms. The van der Waals surface area contributed by atoms with Crippen molar-refractivity contribution >= 4 is 0 Å². The Bertz CT molecular complexity index is 306. The Morgan fingerprint density at radius 3 is 3.09 bits per heavy atom. The van der Waals surface area contributed by atoms with E-state index >= 15 is 0 Å². The number of nitriles is 1. The fourth-order valence-corrected chi connectivity index (χ4v) is 0.675. The van der Waals surface area contributed by atoms with Crippen LogP contribution in [0.25, 0.3) is 0 Å². The van der Waals surface area contributed by atoms with Crippen molar-refractivity contribution in [1.29, 1.82) is 5.26 Å². The van der Waals surface area contributed by atoms with Crippen molar-refractivity contribution < 1.29 is 9.50 Å². The summed E-state index contributed by atoms with van der Waals surface area (Å²) in [6, 6.07) is 2.80. The molecule has 1 aromatic rings. The molecule has 0 aliphatic carbocycles. The van der Waals surface area contributed by atoms with Crippen LogP contribution in [0.15, 0.2) is 12.3 Å². The standard InChI is InChI=1S/C7H5FN2O/c8-5-2-4-10-6(1-3-9)7(5)11/h2,4,11H,1H2. The Labute approximate surface area is 62.7 Å². The number of nitrogens with zero attached hydrogens (tertiary/aromatic N) is 2. The Hall–Kier alpha value is -1.63.